The monoisotopic (exact) mass is 299 g/mol. The van der Waals surface area contributed by atoms with E-state index in [1.165, 1.54) is 11.8 Å². The van der Waals surface area contributed by atoms with Crippen molar-refractivity contribution in [1.29, 1.82) is 0 Å². The number of ether oxygens (including phenoxy) is 2. The standard InChI is InChI=1S/C14H25N3O4/c1-9(18)16-10(15)14(7)8-20-13(5,6)17(14)11(19)21-12(2,3)4/h8H2,1-7H3,(H2,15,16,18). The summed E-state index contributed by atoms with van der Waals surface area (Å²) in [6.07, 6.45) is -0.561. The fourth-order valence-corrected chi connectivity index (χ4v) is 2.25. The first-order valence-corrected chi connectivity index (χ1v) is 6.82. The van der Waals surface area contributed by atoms with Gasteiger partial charge in [0.1, 0.15) is 22.7 Å². The molecule has 2 N–H and O–H groups in total. The van der Waals surface area contributed by atoms with Gasteiger partial charge >= 0.3 is 6.09 Å². The highest BCUT2D eigenvalue weighted by atomic mass is 16.6. The number of hydrogen-bond donors (Lipinski definition) is 1. The molecule has 0 radical (unpaired) electrons. The maximum atomic E-state index is 12.5. The topological polar surface area (TPSA) is 94.2 Å². The van der Waals surface area contributed by atoms with Crippen LogP contribution >= 0.6 is 0 Å². The number of nitrogens with zero attached hydrogens (tertiary/aromatic N) is 2. The summed E-state index contributed by atoms with van der Waals surface area (Å²) in [4.78, 5) is 28.8. The third kappa shape index (κ3) is 3.72. The van der Waals surface area contributed by atoms with E-state index >= 15 is 0 Å². The third-order valence-corrected chi connectivity index (χ3v) is 3.14. The molecule has 7 heteroatoms. The fourth-order valence-electron chi connectivity index (χ4n) is 2.25. The number of carbonyl (C=O) groups excluding carboxylic acids is 2. The Balaban J connectivity index is 3.21. The summed E-state index contributed by atoms with van der Waals surface area (Å²) in [5.41, 5.74) is 3.34. The second-order valence-electron chi connectivity index (χ2n) is 6.84. The highest BCUT2D eigenvalue weighted by Gasteiger charge is 2.55. The van der Waals surface area contributed by atoms with E-state index < -0.39 is 28.9 Å². The molecule has 0 aliphatic carbocycles. The molecule has 0 spiro atoms. The Kier molecular flexibility index (Phi) is 4.39. The molecule has 120 valence electrons. The number of amidine groups is 1. The lowest BCUT2D eigenvalue weighted by Crippen LogP contribution is -2.61. The zero-order valence-corrected chi connectivity index (χ0v) is 13.8. The Morgan fingerprint density at radius 3 is 2.24 bits per heavy atom. The van der Waals surface area contributed by atoms with Gasteiger partial charge in [-0.25, -0.2) is 4.79 Å². The average Bonchev–Trinajstić information content (AvgIpc) is 2.47. The van der Waals surface area contributed by atoms with Crippen molar-refractivity contribution in [2.75, 3.05) is 6.61 Å². The SMILES string of the molecule is CC(=O)N=C(N)C1(C)COC(C)(C)N1C(=O)OC(C)(C)C. The van der Waals surface area contributed by atoms with Crippen LogP contribution in [-0.4, -0.2) is 46.2 Å². The van der Waals surface area contributed by atoms with Crippen LogP contribution in [0, 0.1) is 0 Å². The third-order valence-electron chi connectivity index (χ3n) is 3.14. The minimum Gasteiger partial charge on any atom is -0.444 e. The molecule has 21 heavy (non-hydrogen) atoms. The van der Waals surface area contributed by atoms with Crippen molar-refractivity contribution in [3.05, 3.63) is 0 Å². The predicted octanol–water partition coefficient (Wildman–Crippen LogP) is 1.65. The lowest BCUT2D eigenvalue weighted by molar-refractivity contribution is -0.115. The van der Waals surface area contributed by atoms with Crippen LogP contribution in [0.3, 0.4) is 0 Å². The summed E-state index contributed by atoms with van der Waals surface area (Å²) in [6.45, 7) is 12.0. The van der Waals surface area contributed by atoms with E-state index in [-0.39, 0.29) is 12.4 Å². The Morgan fingerprint density at radius 2 is 1.81 bits per heavy atom. The van der Waals surface area contributed by atoms with Crippen LogP contribution in [0.2, 0.25) is 0 Å². The number of rotatable bonds is 1. The van der Waals surface area contributed by atoms with Gasteiger partial charge in [0, 0.05) is 6.92 Å². The summed E-state index contributed by atoms with van der Waals surface area (Å²) in [6, 6.07) is 0. The molecule has 0 aromatic carbocycles. The normalized spacial score (nSPS) is 25.9. The minimum atomic E-state index is -1.03. The van der Waals surface area contributed by atoms with Crippen molar-refractivity contribution in [2.45, 2.75) is 65.3 Å². The van der Waals surface area contributed by atoms with Crippen LogP contribution in [0.1, 0.15) is 48.5 Å². The molecule has 1 aliphatic heterocycles. The molecule has 1 heterocycles. The van der Waals surface area contributed by atoms with Crippen molar-refractivity contribution >= 4 is 17.8 Å². The molecule has 1 aliphatic rings. The van der Waals surface area contributed by atoms with Crippen LogP contribution in [0.25, 0.3) is 0 Å². The van der Waals surface area contributed by atoms with Gasteiger partial charge in [0.05, 0.1) is 6.61 Å². The maximum absolute atomic E-state index is 12.5. The quantitative estimate of drug-likeness (QED) is 0.587. The molecule has 2 amide bonds. The summed E-state index contributed by atoms with van der Waals surface area (Å²) in [5, 5.41) is 0. The molecule has 1 rings (SSSR count). The average molecular weight is 299 g/mol. The molecule has 1 fully saturated rings. The molecule has 0 bridgehead atoms. The van der Waals surface area contributed by atoms with Gasteiger partial charge in [-0.2, -0.15) is 4.99 Å². The van der Waals surface area contributed by atoms with Gasteiger partial charge in [-0.15, -0.1) is 0 Å². The first-order chi connectivity index (χ1) is 9.29. The lowest BCUT2D eigenvalue weighted by atomic mass is 9.99. The van der Waals surface area contributed by atoms with Gasteiger partial charge in [-0.3, -0.25) is 9.69 Å². The minimum absolute atomic E-state index is 0.0337. The lowest BCUT2D eigenvalue weighted by Gasteiger charge is -2.39. The largest absolute Gasteiger partial charge is 0.444 e. The number of aliphatic imine (C=N–C) groups is 1. The van der Waals surface area contributed by atoms with Gasteiger partial charge in [0.2, 0.25) is 5.91 Å². The fraction of sp³-hybridized carbons (Fsp3) is 0.786. The van der Waals surface area contributed by atoms with Crippen molar-refractivity contribution in [3.63, 3.8) is 0 Å². The van der Waals surface area contributed by atoms with Crippen LogP contribution in [-0.2, 0) is 14.3 Å². The van der Waals surface area contributed by atoms with E-state index in [1.54, 1.807) is 41.5 Å². The van der Waals surface area contributed by atoms with E-state index in [0.717, 1.165) is 0 Å². The van der Waals surface area contributed by atoms with Gasteiger partial charge in [0.25, 0.3) is 0 Å². The maximum Gasteiger partial charge on any atom is 0.413 e. The van der Waals surface area contributed by atoms with E-state index in [2.05, 4.69) is 4.99 Å². The second kappa shape index (κ2) is 5.29. The van der Waals surface area contributed by atoms with Gasteiger partial charge in [-0.05, 0) is 41.5 Å². The Morgan fingerprint density at radius 1 is 1.29 bits per heavy atom. The van der Waals surface area contributed by atoms with E-state index in [9.17, 15) is 9.59 Å². The summed E-state index contributed by atoms with van der Waals surface area (Å²) in [7, 11) is 0. The highest BCUT2D eigenvalue weighted by molar-refractivity contribution is 6.00. The first-order valence-electron chi connectivity index (χ1n) is 6.82. The molecular weight excluding hydrogens is 274 g/mol. The Hall–Kier alpha value is -1.63. The Labute approximate surface area is 125 Å². The van der Waals surface area contributed by atoms with E-state index in [0.29, 0.717) is 0 Å². The van der Waals surface area contributed by atoms with Crippen LogP contribution in [0.15, 0.2) is 4.99 Å². The van der Waals surface area contributed by atoms with Crippen LogP contribution in [0.5, 0.6) is 0 Å². The zero-order valence-electron chi connectivity index (χ0n) is 13.8. The summed E-state index contributed by atoms with van der Waals surface area (Å²) in [5.74, 6) is -0.394. The van der Waals surface area contributed by atoms with Crippen LogP contribution in [0.4, 0.5) is 4.79 Å². The number of nitrogens with two attached hydrogens (primary N) is 1. The predicted molar refractivity (Wildman–Crippen MR) is 78.8 cm³/mol. The number of hydrogen-bond acceptors (Lipinski definition) is 4. The molecule has 0 saturated carbocycles. The van der Waals surface area contributed by atoms with Crippen molar-refractivity contribution in [1.82, 2.24) is 4.90 Å². The molecule has 0 aromatic rings. The van der Waals surface area contributed by atoms with E-state index in [1.807, 2.05) is 0 Å². The molecule has 7 nitrogen and oxygen atoms in total. The number of amides is 2. The highest BCUT2D eigenvalue weighted by Crippen LogP contribution is 2.36. The molecule has 1 unspecified atom stereocenters. The van der Waals surface area contributed by atoms with Crippen LogP contribution < -0.4 is 5.73 Å². The van der Waals surface area contributed by atoms with Crippen molar-refractivity contribution < 1.29 is 19.1 Å². The number of carbonyl (C=O) groups is 2. The molecule has 1 saturated heterocycles. The van der Waals surface area contributed by atoms with Crippen molar-refractivity contribution in [2.24, 2.45) is 10.7 Å². The zero-order chi connectivity index (χ0) is 16.6. The summed E-state index contributed by atoms with van der Waals surface area (Å²) >= 11 is 0. The van der Waals surface area contributed by atoms with Gasteiger partial charge in [0.15, 0.2) is 0 Å². The smallest absolute Gasteiger partial charge is 0.413 e. The Bertz CT molecular complexity index is 479. The van der Waals surface area contributed by atoms with Crippen molar-refractivity contribution in [3.8, 4) is 0 Å². The first kappa shape index (κ1) is 17.4. The van der Waals surface area contributed by atoms with Gasteiger partial charge in [-0.1, -0.05) is 0 Å². The molecule has 0 aromatic heterocycles. The second-order valence-corrected chi connectivity index (χ2v) is 6.84. The molecule has 1 atom stereocenters. The van der Waals surface area contributed by atoms with E-state index in [4.69, 9.17) is 15.2 Å². The van der Waals surface area contributed by atoms with Gasteiger partial charge < -0.3 is 15.2 Å². The molecular formula is C14H25N3O4. The summed E-state index contributed by atoms with van der Waals surface area (Å²) < 4.78 is 11.1.